The first kappa shape index (κ1) is 19.2. The summed E-state index contributed by atoms with van der Waals surface area (Å²) in [6.45, 7) is 1.24. The molecule has 2 aromatic rings. The van der Waals surface area contributed by atoms with Crippen LogP contribution in [0.5, 0.6) is 5.75 Å². The third kappa shape index (κ3) is 4.60. The van der Waals surface area contributed by atoms with Gasteiger partial charge < -0.3 is 15.4 Å². The van der Waals surface area contributed by atoms with E-state index in [4.69, 9.17) is 4.74 Å². The Morgan fingerprint density at radius 2 is 1.96 bits per heavy atom. The molecule has 1 fully saturated rings. The molecule has 0 aliphatic carbocycles. The fourth-order valence-electron chi connectivity index (χ4n) is 3.42. The molecule has 0 bridgehead atoms. The standard InChI is InChI=1S/C20H21F3N2O2/c1-27-19-5-2-12(8-17(19)23)9-20(26)25-18-11-24-7-6-14(18)13-3-4-15(21)16(22)10-13/h2-5,8,10,14,18,24H,6-7,9,11H2,1H3,(H,25,26). The minimum absolute atomic E-state index is 0.0158. The summed E-state index contributed by atoms with van der Waals surface area (Å²) in [4.78, 5) is 12.4. The van der Waals surface area contributed by atoms with Gasteiger partial charge in [0.05, 0.1) is 13.5 Å². The first-order valence-corrected chi connectivity index (χ1v) is 8.75. The van der Waals surface area contributed by atoms with Gasteiger partial charge in [0.1, 0.15) is 0 Å². The molecule has 2 atom stereocenters. The zero-order valence-corrected chi connectivity index (χ0v) is 14.9. The second-order valence-corrected chi connectivity index (χ2v) is 6.59. The molecule has 0 radical (unpaired) electrons. The average molecular weight is 378 g/mol. The number of carbonyl (C=O) groups excluding carboxylic acids is 1. The van der Waals surface area contributed by atoms with Gasteiger partial charge in [-0.25, -0.2) is 13.2 Å². The number of rotatable bonds is 5. The van der Waals surface area contributed by atoms with Crippen molar-refractivity contribution in [2.24, 2.45) is 0 Å². The normalized spacial score (nSPS) is 19.6. The SMILES string of the molecule is COc1ccc(CC(=O)NC2CNCCC2c2ccc(F)c(F)c2)cc1F. The van der Waals surface area contributed by atoms with E-state index < -0.39 is 17.5 Å². The smallest absolute Gasteiger partial charge is 0.224 e. The van der Waals surface area contributed by atoms with E-state index in [2.05, 4.69) is 10.6 Å². The first-order valence-electron chi connectivity index (χ1n) is 8.75. The number of methoxy groups -OCH3 is 1. The van der Waals surface area contributed by atoms with Gasteiger partial charge in [0, 0.05) is 18.5 Å². The predicted octanol–water partition coefficient (Wildman–Crippen LogP) is 2.92. The van der Waals surface area contributed by atoms with Crippen molar-refractivity contribution in [3.05, 3.63) is 65.0 Å². The van der Waals surface area contributed by atoms with Crippen LogP contribution in [0.1, 0.15) is 23.5 Å². The van der Waals surface area contributed by atoms with Gasteiger partial charge in [0.15, 0.2) is 23.2 Å². The van der Waals surface area contributed by atoms with E-state index in [1.165, 1.54) is 25.3 Å². The molecule has 0 saturated carbocycles. The van der Waals surface area contributed by atoms with E-state index in [9.17, 15) is 18.0 Å². The molecule has 144 valence electrons. The van der Waals surface area contributed by atoms with Crippen molar-refractivity contribution in [3.63, 3.8) is 0 Å². The zero-order valence-electron chi connectivity index (χ0n) is 14.9. The highest BCUT2D eigenvalue weighted by atomic mass is 19.2. The largest absolute Gasteiger partial charge is 0.494 e. The molecule has 7 heteroatoms. The molecule has 1 saturated heterocycles. The number of hydrogen-bond acceptors (Lipinski definition) is 3. The summed E-state index contributed by atoms with van der Waals surface area (Å²) in [5.41, 5.74) is 1.18. The van der Waals surface area contributed by atoms with Crippen LogP contribution in [0.2, 0.25) is 0 Å². The van der Waals surface area contributed by atoms with Crippen molar-refractivity contribution in [2.45, 2.75) is 24.8 Å². The number of halogens is 3. The molecule has 1 aliphatic rings. The summed E-state index contributed by atoms with van der Waals surface area (Å²) in [5, 5.41) is 6.12. The van der Waals surface area contributed by atoms with Crippen LogP contribution >= 0.6 is 0 Å². The van der Waals surface area contributed by atoms with E-state index >= 15 is 0 Å². The maximum atomic E-state index is 13.8. The minimum Gasteiger partial charge on any atom is -0.494 e. The lowest BCUT2D eigenvalue weighted by molar-refractivity contribution is -0.121. The Balaban J connectivity index is 1.69. The molecular formula is C20H21F3N2O2. The average Bonchev–Trinajstić information content (AvgIpc) is 2.64. The van der Waals surface area contributed by atoms with Gasteiger partial charge in [-0.1, -0.05) is 12.1 Å². The Morgan fingerprint density at radius 1 is 1.15 bits per heavy atom. The van der Waals surface area contributed by atoms with Crippen molar-refractivity contribution in [1.82, 2.24) is 10.6 Å². The fourth-order valence-corrected chi connectivity index (χ4v) is 3.42. The van der Waals surface area contributed by atoms with Crippen molar-refractivity contribution in [3.8, 4) is 5.75 Å². The molecule has 3 rings (SSSR count). The number of amides is 1. The lowest BCUT2D eigenvalue weighted by atomic mass is 9.86. The highest BCUT2D eigenvalue weighted by Gasteiger charge is 2.28. The van der Waals surface area contributed by atoms with Gasteiger partial charge in [-0.15, -0.1) is 0 Å². The zero-order chi connectivity index (χ0) is 19.4. The summed E-state index contributed by atoms with van der Waals surface area (Å²) in [5.74, 6) is -2.59. The monoisotopic (exact) mass is 378 g/mol. The lowest BCUT2D eigenvalue weighted by Crippen LogP contribution is -2.50. The number of ether oxygens (including phenoxy) is 1. The van der Waals surface area contributed by atoms with Crippen LogP contribution in [0.15, 0.2) is 36.4 Å². The number of piperidine rings is 1. The Morgan fingerprint density at radius 3 is 2.67 bits per heavy atom. The summed E-state index contributed by atoms with van der Waals surface area (Å²) < 4.78 is 45.4. The van der Waals surface area contributed by atoms with Crippen LogP contribution in [0, 0.1) is 17.5 Å². The lowest BCUT2D eigenvalue weighted by Gasteiger charge is -2.33. The summed E-state index contributed by atoms with van der Waals surface area (Å²) in [6, 6.07) is 7.95. The van der Waals surface area contributed by atoms with Crippen LogP contribution in [0.4, 0.5) is 13.2 Å². The minimum atomic E-state index is -0.898. The van der Waals surface area contributed by atoms with Gasteiger partial charge in [-0.2, -0.15) is 0 Å². The number of benzene rings is 2. The maximum Gasteiger partial charge on any atom is 0.224 e. The quantitative estimate of drug-likeness (QED) is 0.841. The van der Waals surface area contributed by atoms with Crippen LogP contribution in [-0.2, 0) is 11.2 Å². The van der Waals surface area contributed by atoms with Gasteiger partial charge in [0.25, 0.3) is 0 Å². The Bertz CT molecular complexity index is 829. The van der Waals surface area contributed by atoms with Crippen LogP contribution in [0.3, 0.4) is 0 Å². The molecule has 0 aromatic heterocycles. The molecule has 27 heavy (non-hydrogen) atoms. The van der Waals surface area contributed by atoms with Gasteiger partial charge >= 0.3 is 0 Å². The predicted molar refractivity (Wildman–Crippen MR) is 95.2 cm³/mol. The number of hydrogen-bond donors (Lipinski definition) is 2. The van der Waals surface area contributed by atoms with Crippen molar-refractivity contribution >= 4 is 5.91 Å². The van der Waals surface area contributed by atoms with Gasteiger partial charge in [-0.05, 0) is 48.4 Å². The molecule has 2 aromatic carbocycles. The van der Waals surface area contributed by atoms with Crippen molar-refractivity contribution in [1.29, 1.82) is 0 Å². The molecule has 1 aliphatic heterocycles. The van der Waals surface area contributed by atoms with Crippen LogP contribution in [-0.4, -0.2) is 32.1 Å². The molecule has 1 amide bonds. The maximum absolute atomic E-state index is 13.8. The van der Waals surface area contributed by atoms with Gasteiger partial charge in [0.2, 0.25) is 5.91 Å². The second kappa shape index (κ2) is 8.43. The third-order valence-corrected chi connectivity index (χ3v) is 4.78. The van der Waals surface area contributed by atoms with Crippen molar-refractivity contribution < 1.29 is 22.7 Å². The second-order valence-electron chi connectivity index (χ2n) is 6.59. The van der Waals surface area contributed by atoms with E-state index in [0.29, 0.717) is 24.1 Å². The Labute approximate surface area is 155 Å². The topological polar surface area (TPSA) is 50.4 Å². The highest BCUT2D eigenvalue weighted by Crippen LogP contribution is 2.27. The molecule has 4 nitrogen and oxygen atoms in total. The van der Waals surface area contributed by atoms with Crippen molar-refractivity contribution in [2.75, 3.05) is 20.2 Å². The summed E-state index contributed by atoms with van der Waals surface area (Å²) in [7, 11) is 1.37. The van der Waals surface area contributed by atoms with Crippen LogP contribution < -0.4 is 15.4 Å². The van der Waals surface area contributed by atoms with Crippen LogP contribution in [0.25, 0.3) is 0 Å². The fraction of sp³-hybridized carbons (Fsp3) is 0.350. The van der Waals surface area contributed by atoms with Gasteiger partial charge in [-0.3, -0.25) is 4.79 Å². The molecule has 0 spiro atoms. The van der Waals surface area contributed by atoms with E-state index in [1.807, 2.05) is 0 Å². The highest BCUT2D eigenvalue weighted by molar-refractivity contribution is 5.79. The molecule has 2 unspecified atom stereocenters. The molecular weight excluding hydrogens is 357 g/mol. The molecule has 1 heterocycles. The van der Waals surface area contributed by atoms with E-state index in [1.54, 1.807) is 12.1 Å². The number of nitrogens with one attached hydrogen (secondary N) is 2. The molecule has 2 N–H and O–H groups in total. The third-order valence-electron chi connectivity index (χ3n) is 4.78. The Hall–Kier alpha value is -2.54. The first-order chi connectivity index (χ1) is 13.0. The van der Waals surface area contributed by atoms with E-state index in [0.717, 1.165) is 12.6 Å². The summed E-state index contributed by atoms with van der Waals surface area (Å²) in [6.07, 6.45) is 0.703. The van der Waals surface area contributed by atoms with E-state index in [-0.39, 0.29) is 30.0 Å². The number of carbonyl (C=O) groups is 1. The summed E-state index contributed by atoms with van der Waals surface area (Å²) >= 11 is 0. The Kier molecular flexibility index (Phi) is 6.01.